The maximum absolute atomic E-state index is 13.3. The molecule has 2 aliphatic heterocycles. The molecule has 2 fully saturated rings. The molecule has 7 nitrogen and oxygen atoms in total. The highest BCUT2D eigenvalue weighted by molar-refractivity contribution is 7.89. The largest absolute Gasteiger partial charge is 0.329 e. The Bertz CT molecular complexity index is 775. The van der Waals surface area contributed by atoms with E-state index in [1.165, 1.54) is 0 Å². The highest BCUT2D eigenvalue weighted by Gasteiger charge is 2.38. The number of urea groups is 1. The highest BCUT2D eigenvalue weighted by Crippen LogP contribution is 2.25. The third-order valence-corrected chi connectivity index (χ3v) is 6.09. The smallest absolute Gasteiger partial charge is 0.324 e. The maximum Gasteiger partial charge on any atom is 0.324 e. The number of rotatable bonds is 3. The van der Waals surface area contributed by atoms with Gasteiger partial charge in [0, 0.05) is 19.1 Å². The second kappa shape index (κ2) is 6.10. The number of halogens is 2. The van der Waals surface area contributed by atoms with E-state index in [2.05, 4.69) is 5.32 Å². The van der Waals surface area contributed by atoms with E-state index in [-0.39, 0.29) is 36.5 Å². The average Bonchev–Trinajstić information content (AvgIpc) is 2.89. The predicted molar refractivity (Wildman–Crippen MR) is 78.4 cm³/mol. The molecule has 1 aromatic rings. The van der Waals surface area contributed by atoms with Crippen LogP contribution in [0.1, 0.15) is 12.8 Å². The molecule has 2 heterocycles. The van der Waals surface area contributed by atoms with Crippen LogP contribution in [0, 0.1) is 11.6 Å². The molecule has 2 aliphatic rings. The molecule has 0 atom stereocenters. The number of piperidine rings is 1. The Kier molecular flexibility index (Phi) is 4.26. The monoisotopic (exact) mass is 359 g/mol. The van der Waals surface area contributed by atoms with E-state index in [0.29, 0.717) is 18.9 Å². The van der Waals surface area contributed by atoms with Crippen LogP contribution in [0.3, 0.4) is 0 Å². The van der Waals surface area contributed by atoms with Crippen molar-refractivity contribution >= 4 is 22.0 Å². The van der Waals surface area contributed by atoms with Crippen molar-refractivity contribution in [3.63, 3.8) is 0 Å². The summed E-state index contributed by atoms with van der Waals surface area (Å²) in [5.74, 6) is -2.68. The van der Waals surface area contributed by atoms with Crippen molar-refractivity contribution in [2.24, 2.45) is 0 Å². The van der Waals surface area contributed by atoms with Crippen LogP contribution in [0.2, 0.25) is 0 Å². The Morgan fingerprint density at radius 1 is 1.08 bits per heavy atom. The fourth-order valence-corrected chi connectivity index (χ4v) is 4.41. The van der Waals surface area contributed by atoms with Gasteiger partial charge in [0.25, 0.3) is 0 Å². The van der Waals surface area contributed by atoms with E-state index >= 15 is 0 Å². The van der Waals surface area contributed by atoms with Crippen LogP contribution in [-0.4, -0.2) is 55.2 Å². The van der Waals surface area contributed by atoms with Gasteiger partial charge in [0.05, 0.1) is 11.4 Å². The van der Waals surface area contributed by atoms with Gasteiger partial charge in [-0.2, -0.15) is 4.31 Å². The molecule has 1 N–H and O–H groups in total. The quantitative estimate of drug-likeness (QED) is 0.804. The SMILES string of the molecule is O=C1CNC(=O)N1C1CCN(S(=O)(=O)c2ccc(F)c(F)c2)CC1. The number of carbonyl (C=O) groups excluding carboxylic acids is 2. The van der Waals surface area contributed by atoms with Gasteiger partial charge in [0.15, 0.2) is 11.6 Å². The molecule has 0 aromatic heterocycles. The van der Waals surface area contributed by atoms with Gasteiger partial charge in [-0.05, 0) is 31.0 Å². The van der Waals surface area contributed by atoms with Gasteiger partial charge in [-0.1, -0.05) is 0 Å². The summed E-state index contributed by atoms with van der Waals surface area (Å²) < 4.78 is 52.4. The summed E-state index contributed by atoms with van der Waals surface area (Å²) in [6.07, 6.45) is 0.587. The molecular formula is C14H15F2N3O4S. The van der Waals surface area contributed by atoms with E-state index in [1.807, 2.05) is 0 Å². The third-order valence-electron chi connectivity index (χ3n) is 4.20. The summed E-state index contributed by atoms with van der Waals surface area (Å²) in [5.41, 5.74) is 0. The van der Waals surface area contributed by atoms with Crippen LogP contribution in [0.25, 0.3) is 0 Å². The second-order valence-electron chi connectivity index (χ2n) is 5.63. The fraction of sp³-hybridized carbons (Fsp3) is 0.429. The van der Waals surface area contributed by atoms with Crippen LogP contribution in [-0.2, 0) is 14.8 Å². The molecule has 0 saturated carbocycles. The molecule has 0 radical (unpaired) electrons. The van der Waals surface area contributed by atoms with E-state index in [9.17, 15) is 26.8 Å². The zero-order valence-corrected chi connectivity index (χ0v) is 13.4. The van der Waals surface area contributed by atoms with Crippen molar-refractivity contribution in [1.29, 1.82) is 0 Å². The molecule has 3 amide bonds. The topological polar surface area (TPSA) is 86.8 Å². The molecule has 1 aromatic carbocycles. The van der Waals surface area contributed by atoms with Gasteiger partial charge in [0.2, 0.25) is 15.9 Å². The van der Waals surface area contributed by atoms with Crippen molar-refractivity contribution < 1.29 is 26.8 Å². The van der Waals surface area contributed by atoms with Gasteiger partial charge in [-0.25, -0.2) is 22.0 Å². The minimum Gasteiger partial charge on any atom is -0.329 e. The van der Waals surface area contributed by atoms with Gasteiger partial charge < -0.3 is 5.32 Å². The van der Waals surface area contributed by atoms with Crippen LogP contribution < -0.4 is 5.32 Å². The lowest BCUT2D eigenvalue weighted by atomic mass is 10.1. The van der Waals surface area contributed by atoms with Crippen LogP contribution >= 0.6 is 0 Å². The summed E-state index contributed by atoms with van der Waals surface area (Å²) >= 11 is 0. The molecule has 0 aliphatic carbocycles. The Morgan fingerprint density at radius 3 is 2.29 bits per heavy atom. The molecule has 24 heavy (non-hydrogen) atoms. The summed E-state index contributed by atoms with van der Waals surface area (Å²) in [5, 5.41) is 2.42. The zero-order valence-electron chi connectivity index (χ0n) is 12.5. The molecule has 0 bridgehead atoms. The van der Waals surface area contributed by atoms with Crippen LogP contribution in [0.4, 0.5) is 13.6 Å². The van der Waals surface area contributed by atoms with Crippen molar-refractivity contribution in [2.45, 2.75) is 23.8 Å². The van der Waals surface area contributed by atoms with E-state index in [1.54, 1.807) is 0 Å². The highest BCUT2D eigenvalue weighted by atomic mass is 32.2. The molecule has 3 rings (SSSR count). The number of nitrogens with zero attached hydrogens (tertiary/aromatic N) is 2. The summed E-state index contributed by atoms with van der Waals surface area (Å²) in [4.78, 5) is 24.1. The lowest BCUT2D eigenvalue weighted by molar-refractivity contribution is -0.127. The number of nitrogens with one attached hydrogen (secondary N) is 1. The standard InChI is InChI=1S/C14H15F2N3O4S/c15-11-2-1-10(7-12(11)16)24(22,23)18-5-3-9(4-6-18)19-13(20)8-17-14(19)21/h1-2,7,9H,3-6,8H2,(H,17,21). The number of sulfonamides is 1. The van der Waals surface area contributed by atoms with Crippen molar-refractivity contribution in [3.8, 4) is 0 Å². The summed E-state index contributed by atoms with van der Waals surface area (Å²) in [7, 11) is -3.95. The first-order valence-corrected chi connectivity index (χ1v) is 8.80. The zero-order chi connectivity index (χ0) is 17.5. The van der Waals surface area contributed by atoms with Crippen LogP contribution in [0.5, 0.6) is 0 Å². The summed E-state index contributed by atoms with van der Waals surface area (Å²) in [6, 6.07) is 1.59. The Hall–Kier alpha value is -2.07. The summed E-state index contributed by atoms with van der Waals surface area (Å²) in [6.45, 7) is 0.123. The van der Waals surface area contributed by atoms with E-state index < -0.39 is 27.7 Å². The van der Waals surface area contributed by atoms with Crippen molar-refractivity contribution in [2.75, 3.05) is 19.6 Å². The number of imide groups is 1. The first kappa shape index (κ1) is 16.8. The van der Waals surface area contributed by atoms with Gasteiger partial charge in [0.1, 0.15) is 0 Å². The second-order valence-corrected chi connectivity index (χ2v) is 7.57. The maximum atomic E-state index is 13.3. The van der Waals surface area contributed by atoms with Gasteiger partial charge in [-0.3, -0.25) is 9.69 Å². The first-order valence-electron chi connectivity index (χ1n) is 7.36. The molecular weight excluding hydrogens is 344 g/mol. The Balaban J connectivity index is 1.72. The number of benzene rings is 1. The molecule has 130 valence electrons. The average molecular weight is 359 g/mol. The number of hydrogen-bond acceptors (Lipinski definition) is 4. The van der Waals surface area contributed by atoms with Crippen molar-refractivity contribution in [3.05, 3.63) is 29.8 Å². The van der Waals surface area contributed by atoms with Crippen LogP contribution in [0.15, 0.2) is 23.1 Å². The lowest BCUT2D eigenvalue weighted by Gasteiger charge is -2.34. The predicted octanol–water partition coefficient (Wildman–Crippen LogP) is 0.670. The minimum absolute atomic E-state index is 0.0494. The van der Waals surface area contributed by atoms with E-state index in [4.69, 9.17) is 0 Å². The van der Waals surface area contributed by atoms with Gasteiger partial charge in [-0.15, -0.1) is 0 Å². The number of hydrogen-bond donors (Lipinski definition) is 1. The number of amides is 3. The fourth-order valence-electron chi connectivity index (χ4n) is 2.93. The van der Waals surface area contributed by atoms with Gasteiger partial charge >= 0.3 is 6.03 Å². The number of carbonyl (C=O) groups is 2. The Morgan fingerprint density at radius 2 is 1.75 bits per heavy atom. The molecule has 10 heteroatoms. The minimum atomic E-state index is -3.95. The Labute approximate surface area is 137 Å². The molecule has 0 unspecified atom stereocenters. The van der Waals surface area contributed by atoms with E-state index in [0.717, 1.165) is 21.3 Å². The normalized spacial score (nSPS) is 20.5. The lowest BCUT2D eigenvalue weighted by Crippen LogP contribution is -2.48. The molecule has 2 saturated heterocycles. The third kappa shape index (κ3) is 2.86. The first-order chi connectivity index (χ1) is 11.3. The molecule has 0 spiro atoms. The van der Waals surface area contributed by atoms with Crippen molar-refractivity contribution in [1.82, 2.24) is 14.5 Å².